The number of hydrogen-bond acceptors (Lipinski definition) is 3. The SMILES string of the molecule is O=C(CCCCCNC(=O)NC1CCCCC1)Nc1cccc(C(=O)O)c1. The Morgan fingerprint density at radius 1 is 1.04 bits per heavy atom. The molecule has 148 valence electrons. The maximum absolute atomic E-state index is 11.9. The van der Waals surface area contributed by atoms with Gasteiger partial charge in [-0.3, -0.25) is 4.79 Å². The van der Waals surface area contributed by atoms with Crippen molar-refractivity contribution in [1.82, 2.24) is 10.6 Å². The summed E-state index contributed by atoms with van der Waals surface area (Å²) in [6.45, 7) is 0.598. The molecule has 7 heteroatoms. The lowest BCUT2D eigenvalue weighted by atomic mass is 9.96. The molecule has 3 amide bonds. The van der Waals surface area contributed by atoms with Crippen LogP contribution in [0.5, 0.6) is 0 Å². The second-order valence-electron chi connectivity index (χ2n) is 6.98. The average Bonchev–Trinajstić information content (AvgIpc) is 2.65. The molecule has 0 atom stereocenters. The first kappa shape index (κ1) is 20.7. The lowest BCUT2D eigenvalue weighted by Gasteiger charge is -2.22. The zero-order chi connectivity index (χ0) is 19.5. The summed E-state index contributed by atoms with van der Waals surface area (Å²) in [5, 5.41) is 17.5. The summed E-state index contributed by atoms with van der Waals surface area (Å²) in [5.74, 6) is -1.16. The minimum absolute atomic E-state index is 0.0991. The lowest BCUT2D eigenvalue weighted by molar-refractivity contribution is -0.116. The van der Waals surface area contributed by atoms with Crippen molar-refractivity contribution in [3.8, 4) is 0 Å². The molecule has 7 nitrogen and oxygen atoms in total. The Hall–Kier alpha value is -2.57. The third kappa shape index (κ3) is 8.11. The van der Waals surface area contributed by atoms with Gasteiger partial charge in [0.2, 0.25) is 5.91 Å². The second-order valence-corrected chi connectivity index (χ2v) is 6.98. The van der Waals surface area contributed by atoms with E-state index in [0.29, 0.717) is 24.7 Å². The van der Waals surface area contributed by atoms with Crippen LogP contribution in [0.25, 0.3) is 0 Å². The van der Waals surface area contributed by atoms with Crippen LogP contribution in [0, 0.1) is 0 Å². The van der Waals surface area contributed by atoms with E-state index in [1.807, 2.05) is 0 Å². The number of nitrogens with one attached hydrogen (secondary N) is 3. The highest BCUT2D eigenvalue weighted by Gasteiger charge is 2.15. The van der Waals surface area contributed by atoms with Gasteiger partial charge in [-0.05, 0) is 43.9 Å². The van der Waals surface area contributed by atoms with Crippen molar-refractivity contribution in [3.63, 3.8) is 0 Å². The predicted molar refractivity (Wildman–Crippen MR) is 104 cm³/mol. The summed E-state index contributed by atoms with van der Waals surface area (Å²) < 4.78 is 0. The number of carboxylic acid groups (broad SMARTS) is 1. The predicted octanol–water partition coefficient (Wildman–Crippen LogP) is 3.52. The van der Waals surface area contributed by atoms with Crippen LogP contribution < -0.4 is 16.0 Å². The van der Waals surface area contributed by atoms with Gasteiger partial charge in [-0.2, -0.15) is 0 Å². The van der Waals surface area contributed by atoms with Crippen LogP contribution in [0.4, 0.5) is 10.5 Å². The van der Waals surface area contributed by atoms with Crippen LogP contribution in [-0.2, 0) is 4.79 Å². The molecule has 2 rings (SSSR count). The van der Waals surface area contributed by atoms with Crippen LogP contribution in [-0.4, -0.2) is 35.6 Å². The smallest absolute Gasteiger partial charge is 0.335 e. The van der Waals surface area contributed by atoms with Crippen molar-refractivity contribution < 1.29 is 19.5 Å². The van der Waals surface area contributed by atoms with Gasteiger partial charge >= 0.3 is 12.0 Å². The number of unbranched alkanes of at least 4 members (excludes halogenated alkanes) is 2. The van der Waals surface area contributed by atoms with E-state index in [-0.39, 0.29) is 17.5 Å². The minimum Gasteiger partial charge on any atom is -0.478 e. The first-order valence-corrected chi connectivity index (χ1v) is 9.72. The molecule has 0 saturated heterocycles. The molecule has 1 aromatic rings. The molecule has 0 heterocycles. The molecule has 0 aromatic heterocycles. The van der Waals surface area contributed by atoms with Crippen LogP contribution in [0.1, 0.15) is 68.1 Å². The Morgan fingerprint density at radius 3 is 2.56 bits per heavy atom. The number of benzene rings is 1. The molecular weight excluding hydrogens is 346 g/mol. The highest BCUT2D eigenvalue weighted by atomic mass is 16.4. The van der Waals surface area contributed by atoms with Crippen molar-refractivity contribution in [1.29, 1.82) is 0 Å². The van der Waals surface area contributed by atoms with Crippen LogP contribution >= 0.6 is 0 Å². The van der Waals surface area contributed by atoms with Crippen molar-refractivity contribution in [2.24, 2.45) is 0 Å². The Balaban J connectivity index is 1.53. The zero-order valence-electron chi connectivity index (χ0n) is 15.6. The molecule has 0 spiro atoms. The number of rotatable bonds is 9. The Kier molecular flexibility index (Phi) is 8.61. The fraction of sp³-hybridized carbons (Fsp3) is 0.550. The van der Waals surface area contributed by atoms with E-state index in [1.165, 1.54) is 31.4 Å². The number of amides is 3. The van der Waals surface area contributed by atoms with Gasteiger partial charge in [0.05, 0.1) is 5.56 Å². The molecule has 1 aromatic carbocycles. The van der Waals surface area contributed by atoms with Crippen molar-refractivity contribution in [2.45, 2.75) is 63.8 Å². The van der Waals surface area contributed by atoms with Gasteiger partial charge in [0, 0.05) is 24.7 Å². The Labute approximate surface area is 159 Å². The monoisotopic (exact) mass is 375 g/mol. The van der Waals surface area contributed by atoms with Gasteiger partial charge in [-0.25, -0.2) is 9.59 Å². The number of aromatic carboxylic acids is 1. The van der Waals surface area contributed by atoms with Crippen LogP contribution in [0.3, 0.4) is 0 Å². The average molecular weight is 375 g/mol. The summed E-state index contributed by atoms with van der Waals surface area (Å²) in [5.41, 5.74) is 0.631. The van der Waals surface area contributed by atoms with E-state index in [1.54, 1.807) is 12.1 Å². The largest absolute Gasteiger partial charge is 0.478 e. The molecule has 1 saturated carbocycles. The fourth-order valence-corrected chi connectivity index (χ4v) is 3.23. The molecular formula is C20H29N3O4. The summed E-state index contributed by atoms with van der Waals surface area (Å²) in [7, 11) is 0. The Bertz CT molecular complexity index is 642. The molecule has 0 radical (unpaired) electrons. The van der Waals surface area contributed by atoms with E-state index in [4.69, 9.17) is 5.11 Å². The standard InChI is InChI=1S/C20H29N3O4/c24-18(22-17-11-7-8-15(14-17)19(25)26)12-5-2-6-13-21-20(27)23-16-9-3-1-4-10-16/h7-8,11,14,16H,1-6,9-10,12-13H2,(H,22,24)(H,25,26)(H2,21,23,27). The van der Waals surface area contributed by atoms with E-state index < -0.39 is 5.97 Å². The third-order valence-corrected chi connectivity index (χ3v) is 4.70. The number of carbonyl (C=O) groups excluding carboxylic acids is 2. The fourth-order valence-electron chi connectivity index (χ4n) is 3.23. The van der Waals surface area contributed by atoms with E-state index in [2.05, 4.69) is 16.0 Å². The number of hydrogen-bond donors (Lipinski definition) is 4. The maximum atomic E-state index is 11.9. The van der Waals surface area contributed by atoms with E-state index >= 15 is 0 Å². The molecule has 1 aliphatic rings. The molecule has 0 aliphatic heterocycles. The normalized spacial score (nSPS) is 14.4. The second kappa shape index (κ2) is 11.2. The number of urea groups is 1. The highest BCUT2D eigenvalue weighted by molar-refractivity contribution is 5.93. The summed E-state index contributed by atoms with van der Waals surface area (Å²) in [4.78, 5) is 34.6. The van der Waals surface area contributed by atoms with E-state index in [0.717, 1.165) is 32.1 Å². The lowest BCUT2D eigenvalue weighted by Crippen LogP contribution is -2.43. The topological polar surface area (TPSA) is 108 Å². The molecule has 1 fully saturated rings. The number of carbonyl (C=O) groups is 3. The summed E-state index contributed by atoms with van der Waals surface area (Å²) in [6, 6.07) is 6.40. The van der Waals surface area contributed by atoms with Gasteiger partial charge in [0.15, 0.2) is 0 Å². The summed E-state index contributed by atoms with van der Waals surface area (Å²) >= 11 is 0. The number of carboxylic acids is 1. The maximum Gasteiger partial charge on any atom is 0.335 e. The van der Waals surface area contributed by atoms with Crippen molar-refractivity contribution in [2.75, 3.05) is 11.9 Å². The van der Waals surface area contributed by atoms with Gasteiger partial charge in [0.1, 0.15) is 0 Å². The third-order valence-electron chi connectivity index (χ3n) is 4.70. The van der Waals surface area contributed by atoms with Crippen molar-refractivity contribution in [3.05, 3.63) is 29.8 Å². The quantitative estimate of drug-likeness (QED) is 0.495. The van der Waals surface area contributed by atoms with Gasteiger partial charge < -0.3 is 21.1 Å². The molecule has 1 aliphatic carbocycles. The van der Waals surface area contributed by atoms with Gasteiger partial charge in [0.25, 0.3) is 0 Å². The highest BCUT2D eigenvalue weighted by Crippen LogP contribution is 2.17. The molecule has 4 N–H and O–H groups in total. The minimum atomic E-state index is -1.02. The van der Waals surface area contributed by atoms with Crippen LogP contribution in [0.15, 0.2) is 24.3 Å². The first-order chi connectivity index (χ1) is 13.0. The first-order valence-electron chi connectivity index (χ1n) is 9.72. The van der Waals surface area contributed by atoms with Crippen LogP contribution in [0.2, 0.25) is 0 Å². The van der Waals surface area contributed by atoms with Gasteiger partial charge in [-0.15, -0.1) is 0 Å². The molecule has 27 heavy (non-hydrogen) atoms. The number of anilines is 1. The summed E-state index contributed by atoms with van der Waals surface area (Å²) in [6.07, 6.45) is 8.52. The van der Waals surface area contributed by atoms with Gasteiger partial charge in [-0.1, -0.05) is 31.7 Å². The molecule has 0 unspecified atom stereocenters. The van der Waals surface area contributed by atoms with Crippen molar-refractivity contribution >= 4 is 23.6 Å². The zero-order valence-corrected chi connectivity index (χ0v) is 15.6. The Morgan fingerprint density at radius 2 is 1.81 bits per heavy atom. The van der Waals surface area contributed by atoms with E-state index in [9.17, 15) is 14.4 Å². The molecule has 0 bridgehead atoms.